The first-order valence-electron chi connectivity index (χ1n) is 9.56. The lowest BCUT2D eigenvalue weighted by molar-refractivity contribution is -0.125. The Hall–Kier alpha value is -1.73. The average Bonchev–Trinajstić information content (AvgIpc) is 3.22. The van der Waals surface area contributed by atoms with Gasteiger partial charge in [-0.15, -0.1) is 11.3 Å². The topological polar surface area (TPSA) is 61.4 Å². The van der Waals surface area contributed by atoms with Crippen molar-refractivity contribution in [1.29, 1.82) is 0 Å². The Kier molecular flexibility index (Phi) is 5.09. The zero-order chi connectivity index (χ0) is 18.1. The molecule has 4 rings (SSSR count). The second-order valence-electron chi connectivity index (χ2n) is 7.59. The number of hydrogen-bond acceptors (Lipinski definition) is 6. The number of carbonyl (C=O) groups excluding carboxylic acids is 1. The quantitative estimate of drug-likeness (QED) is 0.869. The zero-order valence-electron chi connectivity index (χ0n) is 15.6. The molecule has 0 unspecified atom stereocenters. The van der Waals surface area contributed by atoms with Gasteiger partial charge in [-0.25, -0.2) is 9.97 Å². The first kappa shape index (κ1) is 17.7. The molecule has 3 heterocycles. The lowest BCUT2D eigenvalue weighted by atomic mass is 9.95. The normalized spacial score (nSPS) is 17.9. The lowest BCUT2D eigenvalue weighted by Crippen LogP contribution is -2.42. The van der Waals surface area contributed by atoms with E-state index in [1.807, 2.05) is 25.4 Å². The predicted octanol–water partition coefficient (Wildman–Crippen LogP) is 2.07. The van der Waals surface area contributed by atoms with Crippen LogP contribution in [0.3, 0.4) is 0 Å². The molecule has 2 aliphatic rings. The van der Waals surface area contributed by atoms with E-state index in [1.165, 1.54) is 28.7 Å². The number of amides is 1. The molecule has 0 bridgehead atoms. The van der Waals surface area contributed by atoms with Crippen molar-refractivity contribution in [3.63, 3.8) is 0 Å². The fourth-order valence-electron chi connectivity index (χ4n) is 4.05. The van der Waals surface area contributed by atoms with Crippen molar-refractivity contribution < 1.29 is 4.79 Å². The second kappa shape index (κ2) is 7.48. The van der Waals surface area contributed by atoms with Gasteiger partial charge in [0.1, 0.15) is 17.0 Å². The summed E-state index contributed by atoms with van der Waals surface area (Å²) in [6.07, 6.45) is 7.08. The number of anilines is 1. The van der Waals surface area contributed by atoms with Crippen LogP contribution in [0, 0.1) is 5.92 Å². The number of likely N-dealkylation sites (N-methyl/N-ethyl adjacent to an activating group) is 1. The summed E-state index contributed by atoms with van der Waals surface area (Å²) in [6.45, 7) is 3.39. The van der Waals surface area contributed by atoms with Gasteiger partial charge in [-0.2, -0.15) is 0 Å². The van der Waals surface area contributed by atoms with Crippen LogP contribution in [0.25, 0.3) is 10.2 Å². The van der Waals surface area contributed by atoms with E-state index in [9.17, 15) is 4.79 Å². The highest BCUT2D eigenvalue weighted by atomic mass is 32.1. The molecule has 0 aromatic carbocycles. The summed E-state index contributed by atoms with van der Waals surface area (Å²) >= 11 is 1.84. The first-order chi connectivity index (χ1) is 12.6. The molecular weight excluding hydrogens is 346 g/mol. The smallest absolute Gasteiger partial charge is 0.223 e. The molecule has 1 fully saturated rings. The molecule has 1 aliphatic carbocycles. The molecule has 7 heteroatoms. The van der Waals surface area contributed by atoms with Crippen molar-refractivity contribution in [3.8, 4) is 0 Å². The van der Waals surface area contributed by atoms with E-state index in [1.54, 1.807) is 6.33 Å². The fraction of sp³-hybridized carbons (Fsp3) is 0.632. The van der Waals surface area contributed by atoms with Crippen molar-refractivity contribution in [1.82, 2.24) is 20.2 Å². The van der Waals surface area contributed by atoms with Crippen molar-refractivity contribution in [3.05, 3.63) is 16.8 Å². The van der Waals surface area contributed by atoms with Gasteiger partial charge in [0.15, 0.2) is 0 Å². The van der Waals surface area contributed by atoms with Crippen molar-refractivity contribution in [2.24, 2.45) is 5.92 Å². The van der Waals surface area contributed by atoms with Crippen LogP contribution in [0.1, 0.15) is 29.7 Å². The molecule has 0 spiro atoms. The summed E-state index contributed by atoms with van der Waals surface area (Å²) < 4.78 is 0. The number of rotatable bonds is 5. The standard InChI is InChI=1S/C19H27N5OS/c1-23(2)11-8-20-18(25)13-6-9-24(10-7-13)17-16-14-4-3-5-15(14)26-19(16)22-12-21-17/h12-13H,3-11H2,1-2H3,(H,20,25). The Morgan fingerprint density at radius 2 is 2.12 bits per heavy atom. The van der Waals surface area contributed by atoms with Crippen LogP contribution < -0.4 is 10.2 Å². The number of aryl methyl sites for hydroxylation is 2. The zero-order valence-corrected chi connectivity index (χ0v) is 16.4. The van der Waals surface area contributed by atoms with Crippen LogP contribution in [0.2, 0.25) is 0 Å². The highest BCUT2D eigenvalue weighted by Crippen LogP contribution is 2.40. The van der Waals surface area contributed by atoms with E-state index >= 15 is 0 Å². The van der Waals surface area contributed by atoms with Crippen LogP contribution in [-0.2, 0) is 17.6 Å². The lowest BCUT2D eigenvalue weighted by Gasteiger charge is -2.32. The van der Waals surface area contributed by atoms with Gasteiger partial charge in [0.2, 0.25) is 5.91 Å². The number of piperidine rings is 1. The van der Waals surface area contributed by atoms with Crippen LogP contribution in [0.4, 0.5) is 5.82 Å². The van der Waals surface area contributed by atoms with E-state index in [0.29, 0.717) is 0 Å². The molecule has 2 aromatic rings. The SMILES string of the molecule is CN(C)CCNC(=O)C1CCN(c2ncnc3sc4c(c23)CCC4)CC1. The van der Waals surface area contributed by atoms with Crippen LogP contribution in [0.5, 0.6) is 0 Å². The molecule has 26 heavy (non-hydrogen) atoms. The minimum Gasteiger partial charge on any atom is -0.356 e. The maximum absolute atomic E-state index is 12.4. The van der Waals surface area contributed by atoms with E-state index < -0.39 is 0 Å². The number of aromatic nitrogens is 2. The average molecular weight is 374 g/mol. The van der Waals surface area contributed by atoms with E-state index in [0.717, 1.165) is 56.1 Å². The third kappa shape index (κ3) is 3.42. The van der Waals surface area contributed by atoms with Gasteiger partial charge in [-0.3, -0.25) is 4.79 Å². The number of thiophene rings is 1. The fourth-order valence-corrected chi connectivity index (χ4v) is 5.28. The first-order valence-corrected chi connectivity index (χ1v) is 10.4. The molecule has 1 aliphatic heterocycles. The molecule has 2 aromatic heterocycles. The van der Waals surface area contributed by atoms with Gasteiger partial charge >= 0.3 is 0 Å². The molecular formula is C19H27N5OS. The van der Waals surface area contributed by atoms with Gasteiger partial charge < -0.3 is 15.1 Å². The van der Waals surface area contributed by atoms with E-state index in [2.05, 4.69) is 25.1 Å². The number of nitrogens with one attached hydrogen (secondary N) is 1. The Balaban J connectivity index is 1.42. The number of hydrogen-bond donors (Lipinski definition) is 1. The van der Waals surface area contributed by atoms with Crippen LogP contribution >= 0.6 is 11.3 Å². The van der Waals surface area contributed by atoms with Gasteiger partial charge in [0.25, 0.3) is 0 Å². The molecule has 140 valence electrons. The van der Waals surface area contributed by atoms with Crippen molar-refractivity contribution in [2.75, 3.05) is 45.2 Å². The molecule has 0 radical (unpaired) electrons. The Bertz CT molecular complexity index is 795. The minimum atomic E-state index is 0.124. The van der Waals surface area contributed by atoms with Crippen molar-refractivity contribution >= 4 is 33.3 Å². The van der Waals surface area contributed by atoms with Gasteiger partial charge in [-0.1, -0.05) is 0 Å². The van der Waals surface area contributed by atoms with Crippen LogP contribution in [0.15, 0.2) is 6.33 Å². The molecule has 1 saturated heterocycles. The summed E-state index contributed by atoms with van der Waals surface area (Å²) in [5.74, 6) is 1.41. The van der Waals surface area contributed by atoms with Crippen molar-refractivity contribution in [2.45, 2.75) is 32.1 Å². The molecule has 1 amide bonds. The summed E-state index contributed by atoms with van der Waals surface area (Å²) in [5.41, 5.74) is 1.48. The maximum Gasteiger partial charge on any atom is 0.223 e. The summed E-state index contributed by atoms with van der Waals surface area (Å²) in [6, 6.07) is 0. The number of carbonyl (C=O) groups is 1. The number of nitrogens with zero attached hydrogens (tertiary/aromatic N) is 4. The third-order valence-corrected chi connectivity index (χ3v) is 6.70. The molecule has 1 N–H and O–H groups in total. The Morgan fingerprint density at radius 3 is 2.88 bits per heavy atom. The summed E-state index contributed by atoms with van der Waals surface area (Å²) in [4.78, 5) is 28.6. The third-order valence-electron chi connectivity index (χ3n) is 5.50. The molecule has 0 saturated carbocycles. The monoisotopic (exact) mass is 373 g/mol. The maximum atomic E-state index is 12.4. The summed E-state index contributed by atoms with van der Waals surface area (Å²) in [7, 11) is 4.04. The minimum absolute atomic E-state index is 0.124. The second-order valence-corrected chi connectivity index (χ2v) is 8.67. The Morgan fingerprint density at radius 1 is 1.31 bits per heavy atom. The van der Waals surface area contributed by atoms with Gasteiger partial charge in [-0.05, 0) is 51.8 Å². The van der Waals surface area contributed by atoms with E-state index in [-0.39, 0.29) is 11.8 Å². The molecule has 6 nitrogen and oxygen atoms in total. The van der Waals surface area contributed by atoms with E-state index in [4.69, 9.17) is 0 Å². The van der Waals surface area contributed by atoms with Crippen LogP contribution in [-0.4, -0.2) is 61.0 Å². The highest BCUT2D eigenvalue weighted by Gasteiger charge is 2.28. The highest BCUT2D eigenvalue weighted by molar-refractivity contribution is 7.19. The number of fused-ring (bicyclic) bond motifs is 3. The summed E-state index contributed by atoms with van der Waals surface area (Å²) in [5, 5.41) is 4.35. The largest absolute Gasteiger partial charge is 0.356 e. The molecule has 0 atom stereocenters. The van der Waals surface area contributed by atoms with Gasteiger partial charge in [0, 0.05) is 37.0 Å². The Labute approximate surface area is 158 Å². The predicted molar refractivity (Wildman–Crippen MR) is 106 cm³/mol. The van der Waals surface area contributed by atoms with Gasteiger partial charge in [0.05, 0.1) is 5.39 Å².